The number of rotatable bonds is 7. The Kier molecular flexibility index (Phi) is 5.12. The number of nitrogens with one attached hydrogen (secondary N) is 1. The monoisotopic (exact) mass is 482 g/mol. The summed E-state index contributed by atoms with van der Waals surface area (Å²) in [7, 11) is -1.75. The second-order valence-corrected chi connectivity index (χ2v) is 10.9. The van der Waals surface area contributed by atoms with Crippen molar-refractivity contribution in [1.82, 2.24) is 29.5 Å². The van der Waals surface area contributed by atoms with Crippen LogP contribution < -0.4 is 15.6 Å². The van der Waals surface area contributed by atoms with Crippen LogP contribution in [0.5, 0.6) is 5.88 Å². The Morgan fingerprint density at radius 1 is 1.24 bits per heavy atom. The predicted molar refractivity (Wildman–Crippen MR) is 123 cm³/mol. The van der Waals surface area contributed by atoms with Crippen LogP contribution in [0.1, 0.15) is 28.8 Å². The molecule has 0 aliphatic heterocycles. The summed E-state index contributed by atoms with van der Waals surface area (Å²) in [6.07, 6.45) is 6.94. The molecule has 0 bridgehead atoms. The van der Waals surface area contributed by atoms with E-state index in [0.29, 0.717) is 29.4 Å². The van der Waals surface area contributed by atoms with Gasteiger partial charge in [-0.25, -0.2) is 22.9 Å². The zero-order valence-corrected chi connectivity index (χ0v) is 19.4. The second kappa shape index (κ2) is 7.90. The fourth-order valence-corrected chi connectivity index (χ4v) is 4.99. The van der Waals surface area contributed by atoms with Gasteiger partial charge < -0.3 is 14.6 Å². The summed E-state index contributed by atoms with van der Waals surface area (Å²) in [5.41, 5.74) is 1.32. The van der Waals surface area contributed by atoms with Gasteiger partial charge in [0.1, 0.15) is 28.8 Å². The first kappa shape index (κ1) is 22.0. The van der Waals surface area contributed by atoms with Crippen molar-refractivity contribution in [1.29, 1.82) is 0 Å². The maximum Gasteiger partial charge on any atom is 0.263 e. The van der Waals surface area contributed by atoms with Crippen molar-refractivity contribution in [3.63, 3.8) is 0 Å². The number of hydrogen-bond donors (Lipinski definition) is 1. The molecule has 5 rings (SSSR count). The summed E-state index contributed by atoms with van der Waals surface area (Å²) in [5.74, 6) is -0.363. The number of sulfone groups is 1. The van der Waals surface area contributed by atoms with Gasteiger partial charge in [-0.1, -0.05) is 0 Å². The largest absolute Gasteiger partial charge is 0.474 e. The van der Waals surface area contributed by atoms with E-state index in [1.807, 2.05) is 0 Å². The molecule has 0 saturated heterocycles. The third-order valence-corrected chi connectivity index (χ3v) is 8.30. The van der Waals surface area contributed by atoms with Gasteiger partial charge in [-0.3, -0.25) is 9.59 Å². The van der Waals surface area contributed by atoms with E-state index in [0.717, 1.165) is 5.56 Å². The molecule has 1 N–H and O–H groups in total. The lowest BCUT2D eigenvalue weighted by molar-refractivity contribution is 0.0949. The molecule has 0 radical (unpaired) electrons. The number of pyridine rings is 3. The van der Waals surface area contributed by atoms with E-state index in [-0.39, 0.29) is 24.6 Å². The molecule has 0 spiro atoms. The van der Waals surface area contributed by atoms with Crippen molar-refractivity contribution in [3.8, 4) is 5.88 Å². The van der Waals surface area contributed by atoms with Crippen molar-refractivity contribution in [3.05, 3.63) is 64.5 Å². The number of carbonyl (C=O) groups excluding carboxylic acids is 1. The Bertz CT molecular complexity index is 1600. The standard InChI is InChI=1S/C22H22N6O5S/c1-27-18-15(3-7-23-20(18)33-12-22(5-6-22)34(2,31)32)10-16(21(27)30)19(29)24-11-14-4-8-28-17(9-14)25-13-26-28/h3-4,7-10,13H,5-6,11-12H2,1-2H3,(H,24,29). The summed E-state index contributed by atoms with van der Waals surface area (Å²) in [6, 6.07) is 6.76. The highest BCUT2D eigenvalue weighted by molar-refractivity contribution is 7.92. The minimum atomic E-state index is -3.27. The van der Waals surface area contributed by atoms with Gasteiger partial charge in [0.2, 0.25) is 5.88 Å². The highest BCUT2D eigenvalue weighted by Crippen LogP contribution is 2.43. The zero-order valence-electron chi connectivity index (χ0n) is 18.6. The molecule has 4 aromatic heterocycles. The van der Waals surface area contributed by atoms with Crippen LogP contribution in [0, 0.1) is 0 Å². The summed E-state index contributed by atoms with van der Waals surface area (Å²) < 4.78 is 31.9. The van der Waals surface area contributed by atoms with Gasteiger partial charge in [-0.05, 0) is 42.7 Å². The highest BCUT2D eigenvalue weighted by atomic mass is 32.2. The third kappa shape index (κ3) is 3.79. The molecular formula is C22H22N6O5S. The summed E-state index contributed by atoms with van der Waals surface area (Å²) >= 11 is 0. The Morgan fingerprint density at radius 3 is 2.76 bits per heavy atom. The van der Waals surface area contributed by atoms with Crippen LogP contribution >= 0.6 is 0 Å². The first-order valence-electron chi connectivity index (χ1n) is 10.6. The molecule has 12 heteroatoms. The average molecular weight is 483 g/mol. The van der Waals surface area contributed by atoms with E-state index < -0.39 is 26.1 Å². The fraction of sp³-hybridized carbons (Fsp3) is 0.318. The number of amides is 1. The maximum atomic E-state index is 13.0. The normalized spacial score (nSPS) is 14.9. The predicted octanol–water partition coefficient (Wildman–Crippen LogP) is 0.862. The molecule has 1 fully saturated rings. The highest BCUT2D eigenvalue weighted by Gasteiger charge is 2.53. The first-order valence-corrected chi connectivity index (χ1v) is 12.5. The number of nitrogens with zero attached hydrogens (tertiary/aromatic N) is 5. The number of aryl methyl sites for hydroxylation is 1. The summed E-state index contributed by atoms with van der Waals surface area (Å²) in [5, 5.41) is 7.37. The lowest BCUT2D eigenvalue weighted by atomic mass is 10.1. The van der Waals surface area contributed by atoms with Crippen LogP contribution in [0.15, 0.2) is 47.8 Å². The van der Waals surface area contributed by atoms with Gasteiger partial charge in [0, 0.05) is 37.6 Å². The van der Waals surface area contributed by atoms with Gasteiger partial charge in [0.25, 0.3) is 11.5 Å². The molecule has 1 saturated carbocycles. The van der Waals surface area contributed by atoms with Crippen molar-refractivity contribution >= 4 is 32.3 Å². The van der Waals surface area contributed by atoms with Gasteiger partial charge in [0.05, 0.1) is 0 Å². The number of fused-ring (bicyclic) bond motifs is 2. The van der Waals surface area contributed by atoms with Gasteiger partial charge in [0.15, 0.2) is 15.5 Å². The van der Waals surface area contributed by atoms with Crippen molar-refractivity contribution in [2.24, 2.45) is 7.05 Å². The molecule has 4 aromatic rings. The molecule has 1 aliphatic rings. The maximum absolute atomic E-state index is 13.0. The number of aromatic nitrogens is 5. The van der Waals surface area contributed by atoms with E-state index in [2.05, 4.69) is 20.4 Å². The number of ether oxygens (including phenoxy) is 1. The van der Waals surface area contributed by atoms with Gasteiger partial charge >= 0.3 is 0 Å². The molecular weight excluding hydrogens is 460 g/mol. The van der Waals surface area contributed by atoms with E-state index in [1.54, 1.807) is 28.9 Å². The van der Waals surface area contributed by atoms with Gasteiger partial charge in [-0.15, -0.1) is 0 Å². The number of hydrogen-bond acceptors (Lipinski definition) is 8. The Labute approximate surface area is 194 Å². The molecule has 11 nitrogen and oxygen atoms in total. The molecule has 0 unspecified atom stereocenters. The first-order chi connectivity index (χ1) is 16.2. The molecule has 0 aromatic carbocycles. The lowest BCUT2D eigenvalue weighted by Crippen LogP contribution is -2.32. The Morgan fingerprint density at radius 2 is 2.03 bits per heavy atom. The van der Waals surface area contributed by atoms with E-state index >= 15 is 0 Å². The minimum absolute atomic E-state index is 0.0227. The second-order valence-electron chi connectivity index (χ2n) is 8.50. The summed E-state index contributed by atoms with van der Waals surface area (Å²) in [4.78, 5) is 34.2. The number of carbonyl (C=O) groups is 1. The van der Waals surface area contributed by atoms with Crippen LogP contribution in [0.3, 0.4) is 0 Å². The minimum Gasteiger partial charge on any atom is -0.474 e. The Balaban J connectivity index is 1.40. The lowest BCUT2D eigenvalue weighted by Gasteiger charge is -2.16. The topological polar surface area (TPSA) is 138 Å². The summed E-state index contributed by atoms with van der Waals surface area (Å²) in [6.45, 7) is 0.173. The SMILES string of the molecule is Cn1c(=O)c(C(=O)NCc2ccn3ncnc3c2)cc2ccnc(OCC3(S(C)(=O)=O)CC3)c21. The van der Waals surface area contributed by atoms with Crippen molar-refractivity contribution < 1.29 is 17.9 Å². The quantitative estimate of drug-likeness (QED) is 0.409. The molecule has 1 aliphatic carbocycles. The van der Waals surface area contributed by atoms with Crippen molar-refractivity contribution in [2.45, 2.75) is 24.1 Å². The third-order valence-electron chi connectivity index (χ3n) is 6.20. The van der Waals surface area contributed by atoms with Crippen LogP contribution in [-0.4, -0.2) is 56.1 Å². The van der Waals surface area contributed by atoms with Gasteiger partial charge in [-0.2, -0.15) is 5.10 Å². The molecule has 0 atom stereocenters. The molecule has 4 heterocycles. The smallest absolute Gasteiger partial charge is 0.263 e. The molecule has 1 amide bonds. The van der Waals surface area contributed by atoms with Crippen molar-refractivity contribution in [2.75, 3.05) is 12.9 Å². The van der Waals surface area contributed by atoms with E-state index in [9.17, 15) is 18.0 Å². The fourth-order valence-electron chi connectivity index (χ4n) is 3.88. The van der Waals surface area contributed by atoms with Crippen LogP contribution in [0.2, 0.25) is 0 Å². The average Bonchev–Trinajstić information content (AvgIpc) is 3.48. The van der Waals surface area contributed by atoms with Crippen LogP contribution in [0.25, 0.3) is 16.6 Å². The zero-order chi connectivity index (χ0) is 24.1. The van der Waals surface area contributed by atoms with Crippen LogP contribution in [0.4, 0.5) is 0 Å². The van der Waals surface area contributed by atoms with E-state index in [4.69, 9.17) is 4.74 Å². The van der Waals surface area contributed by atoms with E-state index in [1.165, 1.54) is 36.5 Å². The van der Waals surface area contributed by atoms with Crippen LogP contribution in [-0.2, 0) is 23.4 Å². The Hall–Kier alpha value is -3.80. The molecule has 176 valence electrons. The molecule has 34 heavy (non-hydrogen) atoms.